The molecule has 1 rings (SSSR count). The fourth-order valence-corrected chi connectivity index (χ4v) is 2.85. The third-order valence-electron chi connectivity index (χ3n) is 3.74. The molecule has 0 unspecified atom stereocenters. The number of carbonyl (C=O) groups excluding carboxylic acids is 1. The first-order valence-corrected chi connectivity index (χ1v) is 9.16. The van der Waals surface area contributed by atoms with Crippen molar-refractivity contribution in [1.82, 2.24) is 0 Å². The van der Waals surface area contributed by atoms with E-state index >= 15 is 0 Å². The molecule has 0 saturated carbocycles. The van der Waals surface area contributed by atoms with Gasteiger partial charge in [-0.25, -0.2) is 0 Å². The smallest absolute Gasteiger partial charge is 0.166 e. The number of phenols is 1. The highest BCUT2D eigenvalue weighted by Gasteiger charge is 2.10. The van der Waals surface area contributed by atoms with Gasteiger partial charge in [0.2, 0.25) is 0 Å². The van der Waals surface area contributed by atoms with E-state index in [0.717, 1.165) is 23.7 Å². The molecule has 0 aliphatic rings. The summed E-state index contributed by atoms with van der Waals surface area (Å²) < 4.78 is 0. The van der Waals surface area contributed by atoms with E-state index < -0.39 is 0 Å². The molecule has 0 aliphatic heterocycles. The van der Waals surface area contributed by atoms with Crippen molar-refractivity contribution in [3.05, 3.63) is 29.3 Å². The van der Waals surface area contributed by atoms with Crippen LogP contribution in [0.2, 0.25) is 0 Å². The maximum absolute atomic E-state index is 12.0. The molecule has 0 bridgehead atoms. The van der Waals surface area contributed by atoms with Crippen LogP contribution in [0.15, 0.2) is 18.2 Å². The summed E-state index contributed by atoms with van der Waals surface area (Å²) in [6.45, 7) is 1.91. The topological polar surface area (TPSA) is 37.3 Å². The maximum Gasteiger partial charge on any atom is 0.166 e. The summed E-state index contributed by atoms with van der Waals surface area (Å²) in [6, 6.07) is 5.26. The Labute approximate surface area is 137 Å². The molecule has 1 N–H and O–H groups in total. The number of ketones is 1. The number of Topliss-reactive ketones (excluding diaryl/α,β-unsaturated/α-hetero) is 1. The Morgan fingerprint density at radius 3 is 2.14 bits per heavy atom. The molecule has 21 heavy (non-hydrogen) atoms. The molecule has 0 amide bonds. The van der Waals surface area contributed by atoms with Crippen molar-refractivity contribution >= 4 is 21.7 Å². The Morgan fingerprint density at radius 1 is 1.00 bits per heavy atom. The highest BCUT2D eigenvalue weighted by molar-refractivity contribution is 9.09. The van der Waals surface area contributed by atoms with Crippen LogP contribution >= 0.6 is 15.9 Å². The van der Waals surface area contributed by atoms with Gasteiger partial charge in [-0.05, 0) is 37.5 Å². The van der Waals surface area contributed by atoms with E-state index in [0.29, 0.717) is 12.0 Å². The van der Waals surface area contributed by atoms with Crippen molar-refractivity contribution in [2.45, 2.75) is 64.7 Å². The van der Waals surface area contributed by atoms with Gasteiger partial charge in [0.05, 0.1) is 5.56 Å². The number of unbranched alkanes of at least 4 members (excludes halogenated alkanes) is 7. The Bertz CT molecular complexity index is 429. The largest absolute Gasteiger partial charge is 0.507 e. The number of benzene rings is 1. The summed E-state index contributed by atoms with van der Waals surface area (Å²) in [5.41, 5.74) is 1.44. The number of hydrogen-bond donors (Lipinski definition) is 1. The molecule has 0 fully saturated rings. The first-order valence-electron chi connectivity index (χ1n) is 8.04. The van der Waals surface area contributed by atoms with Crippen LogP contribution in [-0.4, -0.2) is 16.2 Å². The van der Waals surface area contributed by atoms with Gasteiger partial charge in [0.1, 0.15) is 5.75 Å². The predicted molar refractivity (Wildman–Crippen MR) is 92.5 cm³/mol. The molecular weight excluding hydrogens is 328 g/mol. The number of rotatable bonds is 11. The van der Waals surface area contributed by atoms with Gasteiger partial charge < -0.3 is 5.11 Å². The van der Waals surface area contributed by atoms with Gasteiger partial charge in [0.15, 0.2) is 5.78 Å². The van der Waals surface area contributed by atoms with Crippen LogP contribution in [0.25, 0.3) is 0 Å². The monoisotopic (exact) mass is 354 g/mol. The maximum atomic E-state index is 12.0. The summed E-state index contributed by atoms with van der Waals surface area (Å²) >= 11 is 3.44. The molecule has 0 radical (unpaired) electrons. The van der Waals surface area contributed by atoms with Crippen molar-refractivity contribution in [2.24, 2.45) is 0 Å². The van der Waals surface area contributed by atoms with Gasteiger partial charge in [-0.2, -0.15) is 0 Å². The number of alkyl halides is 1. The minimum Gasteiger partial charge on any atom is -0.507 e. The van der Waals surface area contributed by atoms with E-state index in [-0.39, 0.29) is 11.5 Å². The third kappa shape index (κ3) is 7.66. The Kier molecular flexibility index (Phi) is 9.40. The number of aryl methyl sites for hydroxylation is 1. The molecule has 3 heteroatoms. The molecule has 0 aliphatic carbocycles. The highest BCUT2D eigenvalue weighted by Crippen LogP contribution is 2.21. The second-order valence-corrected chi connectivity index (χ2v) is 6.50. The fourth-order valence-electron chi connectivity index (χ4n) is 2.45. The minimum absolute atomic E-state index is 0.0600. The molecule has 1 aromatic rings. The summed E-state index contributed by atoms with van der Waals surface area (Å²) in [6.07, 6.45) is 10.3. The lowest BCUT2D eigenvalue weighted by molar-refractivity contribution is 0.0976. The van der Waals surface area contributed by atoms with Crippen LogP contribution < -0.4 is 0 Å². The van der Waals surface area contributed by atoms with Gasteiger partial charge >= 0.3 is 0 Å². The van der Waals surface area contributed by atoms with E-state index in [9.17, 15) is 9.90 Å². The lowest BCUT2D eigenvalue weighted by Gasteiger charge is -2.05. The highest BCUT2D eigenvalue weighted by atomic mass is 79.9. The van der Waals surface area contributed by atoms with Crippen molar-refractivity contribution < 1.29 is 9.90 Å². The molecule has 0 spiro atoms. The Hall–Kier alpha value is -0.830. The average molecular weight is 355 g/mol. The summed E-state index contributed by atoms with van der Waals surface area (Å²) in [4.78, 5) is 12.0. The lowest BCUT2D eigenvalue weighted by atomic mass is 10.0. The van der Waals surface area contributed by atoms with Crippen LogP contribution in [0, 0.1) is 6.92 Å². The molecule has 1 aromatic carbocycles. The van der Waals surface area contributed by atoms with Crippen LogP contribution in [-0.2, 0) is 0 Å². The van der Waals surface area contributed by atoms with Gasteiger partial charge in [0.25, 0.3) is 0 Å². The first kappa shape index (κ1) is 18.2. The fraction of sp³-hybridized carbons (Fsp3) is 0.611. The number of aromatic hydroxyl groups is 1. The Morgan fingerprint density at radius 2 is 1.57 bits per heavy atom. The second-order valence-electron chi connectivity index (χ2n) is 5.71. The van der Waals surface area contributed by atoms with Crippen molar-refractivity contribution in [3.63, 3.8) is 0 Å². The molecular formula is C18H27BrO2. The van der Waals surface area contributed by atoms with Crippen LogP contribution in [0.1, 0.15) is 73.7 Å². The summed E-state index contributed by atoms with van der Waals surface area (Å²) in [7, 11) is 0. The lowest BCUT2D eigenvalue weighted by Crippen LogP contribution is -1.99. The van der Waals surface area contributed by atoms with E-state index in [4.69, 9.17) is 0 Å². The van der Waals surface area contributed by atoms with Gasteiger partial charge in [-0.3, -0.25) is 4.79 Å². The molecule has 118 valence electrons. The Balaban J connectivity index is 2.11. The predicted octanol–water partition coefficient (Wildman–Crippen LogP) is 5.79. The summed E-state index contributed by atoms with van der Waals surface area (Å²) in [5.74, 6) is 0.177. The van der Waals surface area contributed by atoms with Crippen molar-refractivity contribution in [2.75, 3.05) is 5.33 Å². The van der Waals surface area contributed by atoms with Crippen molar-refractivity contribution in [1.29, 1.82) is 0 Å². The van der Waals surface area contributed by atoms with Gasteiger partial charge in [0, 0.05) is 11.8 Å². The first-order chi connectivity index (χ1) is 10.1. The average Bonchev–Trinajstić information content (AvgIpc) is 2.45. The SMILES string of the molecule is Cc1ccc(C(=O)CCCCCCCCCCBr)c(O)c1. The summed E-state index contributed by atoms with van der Waals surface area (Å²) in [5, 5.41) is 10.9. The van der Waals surface area contributed by atoms with Crippen LogP contribution in [0.5, 0.6) is 5.75 Å². The van der Waals surface area contributed by atoms with Crippen molar-refractivity contribution in [3.8, 4) is 5.75 Å². The number of halogens is 1. The minimum atomic E-state index is 0.0600. The standard InChI is InChI=1S/C18H27BrO2/c1-15-11-12-16(18(21)14-15)17(20)10-8-6-4-2-3-5-7-9-13-19/h11-12,14,21H,2-10,13H2,1H3. The van der Waals surface area contributed by atoms with Crippen LogP contribution in [0.3, 0.4) is 0 Å². The van der Waals surface area contributed by atoms with Gasteiger partial charge in [-0.15, -0.1) is 0 Å². The van der Waals surface area contributed by atoms with Crippen LogP contribution in [0.4, 0.5) is 0 Å². The molecule has 0 heterocycles. The zero-order valence-electron chi connectivity index (χ0n) is 13.0. The second kappa shape index (κ2) is 10.8. The number of hydrogen-bond acceptors (Lipinski definition) is 2. The van der Waals surface area contributed by atoms with E-state index in [2.05, 4.69) is 15.9 Å². The zero-order valence-corrected chi connectivity index (χ0v) is 14.6. The quantitative estimate of drug-likeness (QED) is 0.310. The number of carbonyl (C=O) groups is 1. The molecule has 0 aromatic heterocycles. The number of phenolic OH excluding ortho intramolecular Hbond substituents is 1. The molecule has 2 nitrogen and oxygen atoms in total. The van der Waals surface area contributed by atoms with E-state index in [1.807, 2.05) is 13.0 Å². The molecule has 0 atom stereocenters. The molecule has 0 saturated heterocycles. The normalized spacial score (nSPS) is 10.8. The van der Waals surface area contributed by atoms with Gasteiger partial charge in [-0.1, -0.05) is 60.5 Å². The van der Waals surface area contributed by atoms with E-state index in [1.54, 1.807) is 12.1 Å². The zero-order chi connectivity index (χ0) is 15.5. The van der Waals surface area contributed by atoms with E-state index in [1.165, 1.54) is 38.5 Å². The third-order valence-corrected chi connectivity index (χ3v) is 4.30.